The summed E-state index contributed by atoms with van der Waals surface area (Å²) < 4.78 is 5.54. The number of nitrogens with one attached hydrogen (secondary N) is 1. The van der Waals surface area contributed by atoms with Gasteiger partial charge in [-0.25, -0.2) is 0 Å². The Labute approximate surface area is 82.0 Å². The minimum absolute atomic E-state index is 0.170. The maximum absolute atomic E-state index is 5.54. The first-order valence-electron chi connectivity index (χ1n) is 5.38. The van der Waals surface area contributed by atoms with Gasteiger partial charge in [-0.05, 0) is 32.1 Å². The lowest BCUT2D eigenvalue weighted by atomic mass is 9.79. The van der Waals surface area contributed by atoms with Crippen molar-refractivity contribution in [1.82, 2.24) is 5.32 Å². The van der Waals surface area contributed by atoms with E-state index in [4.69, 9.17) is 4.74 Å². The normalized spacial score (nSPS) is 22.8. The van der Waals surface area contributed by atoms with Crippen molar-refractivity contribution in [2.24, 2.45) is 5.92 Å². The molecule has 13 heavy (non-hydrogen) atoms. The van der Waals surface area contributed by atoms with Gasteiger partial charge in [-0.2, -0.15) is 0 Å². The van der Waals surface area contributed by atoms with Crippen LogP contribution in [0.25, 0.3) is 0 Å². The Morgan fingerprint density at radius 2 is 1.92 bits per heavy atom. The number of ether oxygens (including phenoxy) is 1. The van der Waals surface area contributed by atoms with Gasteiger partial charge in [0, 0.05) is 19.7 Å². The molecule has 0 aromatic carbocycles. The Kier molecular flexibility index (Phi) is 3.74. The van der Waals surface area contributed by atoms with Crippen LogP contribution in [0, 0.1) is 5.92 Å². The van der Waals surface area contributed by atoms with E-state index in [2.05, 4.69) is 26.1 Å². The molecule has 0 aromatic heterocycles. The van der Waals surface area contributed by atoms with Crippen molar-refractivity contribution < 1.29 is 4.74 Å². The summed E-state index contributed by atoms with van der Waals surface area (Å²) in [6, 6.07) is 0.590. The molecule has 0 aromatic rings. The molecule has 1 N–H and O–H groups in total. The second-order valence-electron chi connectivity index (χ2n) is 4.65. The standard InChI is InChI=1S/C11H23NO/c1-9(2)10(3)12-8-11(13-4)6-5-7-11/h9-10,12H,5-8H2,1-4H3/t10-/m0/s1. The average molecular weight is 185 g/mol. The summed E-state index contributed by atoms with van der Waals surface area (Å²) in [6.07, 6.45) is 3.77. The zero-order valence-electron chi connectivity index (χ0n) is 9.39. The highest BCUT2D eigenvalue weighted by Crippen LogP contribution is 2.34. The van der Waals surface area contributed by atoms with Gasteiger partial charge in [-0.15, -0.1) is 0 Å². The molecule has 2 nitrogen and oxygen atoms in total. The van der Waals surface area contributed by atoms with Gasteiger partial charge >= 0.3 is 0 Å². The minimum atomic E-state index is 0.170. The molecule has 0 amide bonds. The zero-order valence-corrected chi connectivity index (χ0v) is 9.39. The Hall–Kier alpha value is -0.0800. The van der Waals surface area contributed by atoms with Gasteiger partial charge < -0.3 is 10.1 Å². The summed E-state index contributed by atoms with van der Waals surface area (Å²) in [6.45, 7) is 7.76. The minimum Gasteiger partial charge on any atom is -0.377 e. The molecule has 1 saturated carbocycles. The molecule has 1 atom stereocenters. The van der Waals surface area contributed by atoms with Gasteiger partial charge in [0.25, 0.3) is 0 Å². The van der Waals surface area contributed by atoms with Gasteiger partial charge in [-0.3, -0.25) is 0 Å². The maximum atomic E-state index is 5.54. The summed E-state index contributed by atoms with van der Waals surface area (Å²) in [5.41, 5.74) is 0.170. The predicted octanol–water partition coefficient (Wildman–Crippen LogP) is 2.19. The number of rotatable bonds is 5. The van der Waals surface area contributed by atoms with E-state index >= 15 is 0 Å². The Bertz CT molecular complexity index is 147. The fourth-order valence-electron chi connectivity index (χ4n) is 1.61. The highest BCUT2D eigenvalue weighted by Gasteiger charge is 2.36. The Balaban J connectivity index is 2.24. The summed E-state index contributed by atoms with van der Waals surface area (Å²) in [5, 5.41) is 3.55. The van der Waals surface area contributed by atoms with Crippen LogP contribution < -0.4 is 5.32 Å². The molecule has 78 valence electrons. The van der Waals surface area contributed by atoms with Gasteiger partial charge in [0.05, 0.1) is 5.60 Å². The van der Waals surface area contributed by atoms with Crippen molar-refractivity contribution in [2.45, 2.75) is 51.7 Å². The molecule has 0 bridgehead atoms. The number of hydrogen-bond acceptors (Lipinski definition) is 2. The van der Waals surface area contributed by atoms with Crippen molar-refractivity contribution in [3.05, 3.63) is 0 Å². The molecule has 1 rings (SSSR count). The third-order valence-corrected chi connectivity index (χ3v) is 3.44. The van der Waals surface area contributed by atoms with Crippen LogP contribution in [0.15, 0.2) is 0 Å². The topological polar surface area (TPSA) is 21.3 Å². The van der Waals surface area contributed by atoms with Crippen molar-refractivity contribution in [3.63, 3.8) is 0 Å². The third-order valence-electron chi connectivity index (χ3n) is 3.44. The number of methoxy groups -OCH3 is 1. The zero-order chi connectivity index (χ0) is 9.90. The van der Waals surface area contributed by atoms with Crippen LogP contribution in [-0.2, 0) is 4.74 Å². The van der Waals surface area contributed by atoms with Crippen molar-refractivity contribution in [2.75, 3.05) is 13.7 Å². The first-order valence-corrected chi connectivity index (χ1v) is 5.38. The highest BCUT2D eigenvalue weighted by atomic mass is 16.5. The van der Waals surface area contributed by atoms with Gasteiger partial charge in [0.2, 0.25) is 0 Å². The van der Waals surface area contributed by atoms with Gasteiger partial charge in [0.15, 0.2) is 0 Å². The van der Waals surface area contributed by atoms with Crippen molar-refractivity contribution >= 4 is 0 Å². The molecule has 1 aliphatic rings. The largest absolute Gasteiger partial charge is 0.377 e. The quantitative estimate of drug-likeness (QED) is 0.709. The van der Waals surface area contributed by atoms with E-state index in [0.717, 1.165) is 6.54 Å². The molecular formula is C11H23NO. The summed E-state index contributed by atoms with van der Waals surface area (Å²) >= 11 is 0. The van der Waals surface area contributed by atoms with Crippen LogP contribution in [0.5, 0.6) is 0 Å². The molecule has 0 spiro atoms. The van der Waals surface area contributed by atoms with E-state index in [0.29, 0.717) is 12.0 Å². The molecule has 0 heterocycles. The number of hydrogen-bond donors (Lipinski definition) is 1. The van der Waals surface area contributed by atoms with Crippen LogP contribution in [0.4, 0.5) is 0 Å². The van der Waals surface area contributed by atoms with Crippen molar-refractivity contribution in [3.8, 4) is 0 Å². The van der Waals surface area contributed by atoms with E-state index in [1.807, 2.05) is 7.11 Å². The monoisotopic (exact) mass is 185 g/mol. The van der Waals surface area contributed by atoms with Gasteiger partial charge in [-0.1, -0.05) is 13.8 Å². The third kappa shape index (κ3) is 2.68. The summed E-state index contributed by atoms with van der Waals surface area (Å²) in [4.78, 5) is 0. The van der Waals surface area contributed by atoms with Gasteiger partial charge in [0.1, 0.15) is 0 Å². The summed E-state index contributed by atoms with van der Waals surface area (Å²) in [5.74, 6) is 0.703. The van der Waals surface area contributed by atoms with Crippen LogP contribution in [0.2, 0.25) is 0 Å². The van der Waals surface area contributed by atoms with E-state index in [-0.39, 0.29) is 5.60 Å². The van der Waals surface area contributed by atoms with Crippen LogP contribution in [-0.4, -0.2) is 25.3 Å². The van der Waals surface area contributed by atoms with E-state index in [1.165, 1.54) is 19.3 Å². The fraction of sp³-hybridized carbons (Fsp3) is 1.00. The van der Waals surface area contributed by atoms with Crippen LogP contribution in [0.3, 0.4) is 0 Å². The Morgan fingerprint density at radius 3 is 2.23 bits per heavy atom. The SMILES string of the molecule is COC1(CN[C@@H](C)C(C)C)CCC1. The lowest BCUT2D eigenvalue weighted by Crippen LogP contribution is -2.50. The Morgan fingerprint density at radius 1 is 1.31 bits per heavy atom. The smallest absolute Gasteiger partial charge is 0.0802 e. The lowest BCUT2D eigenvalue weighted by Gasteiger charge is -2.41. The molecule has 1 fully saturated rings. The molecule has 1 aliphatic carbocycles. The average Bonchev–Trinajstić information content (AvgIpc) is 2.02. The van der Waals surface area contributed by atoms with Crippen LogP contribution in [0.1, 0.15) is 40.0 Å². The second-order valence-corrected chi connectivity index (χ2v) is 4.65. The molecule has 0 aliphatic heterocycles. The van der Waals surface area contributed by atoms with E-state index in [9.17, 15) is 0 Å². The highest BCUT2D eigenvalue weighted by molar-refractivity contribution is 4.92. The lowest BCUT2D eigenvalue weighted by molar-refractivity contribution is -0.0712. The predicted molar refractivity (Wildman–Crippen MR) is 55.9 cm³/mol. The molecule has 0 saturated heterocycles. The summed E-state index contributed by atoms with van der Waals surface area (Å²) in [7, 11) is 1.83. The van der Waals surface area contributed by atoms with Crippen molar-refractivity contribution in [1.29, 1.82) is 0 Å². The molecule has 2 heteroatoms. The molecular weight excluding hydrogens is 162 g/mol. The van der Waals surface area contributed by atoms with Crippen LogP contribution >= 0.6 is 0 Å². The second kappa shape index (κ2) is 4.43. The maximum Gasteiger partial charge on any atom is 0.0802 e. The molecule has 0 unspecified atom stereocenters. The van der Waals surface area contributed by atoms with E-state index < -0.39 is 0 Å². The first kappa shape index (κ1) is 11.0. The fourth-order valence-corrected chi connectivity index (χ4v) is 1.61. The molecule has 0 radical (unpaired) electrons. The van der Waals surface area contributed by atoms with E-state index in [1.54, 1.807) is 0 Å². The first-order chi connectivity index (χ1) is 6.09.